The number of ether oxygens (including phenoxy) is 1. The van der Waals surface area contributed by atoms with Gasteiger partial charge in [-0.3, -0.25) is 9.59 Å². The molecule has 0 bridgehead atoms. The largest absolute Gasteiger partial charge is 0.469 e. The van der Waals surface area contributed by atoms with Crippen LogP contribution < -0.4 is 10.6 Å². The summed E-state index contributed by atoms with van der Waals surface area (Å²) in [7, 11) is 1.67. The number of rotatable bonds is 7. The molecule has 0 unspecified atom stereocenters. The molecule has 0 spiro atoms. The SMILES string of the molecule is COCCn1ccc2cc(NC(=O)CNC(=O)c3ccoc3C)ccc21. The van der Waals surface area contributed by atoms with Gasteiger partial charge in [-0.05, 0) is 37.3 Å². The Morgan fingerprint density at radius 1 is 1.23 bits per heavy atom. The Labute approximate surface area is 150 Å². The van der Waals surface area contributed by atoms with E-state index in [0.717, 1.165) is 17.4 Å². The van der Waals surface area contributed by atoms with Crippen molar-refractivity contribution in [2.75, 3.05) is 25.6 Å². The maximum Gasteiger partial charge on any atom is 0.255 e. The zero-order chi connectivity index (χ0) is 18.5. The summed E-state index contributed by atoms with van der Waals surface area (Å²) < 4.78 is 12.3. The van der Waals surface area contributed by atoms with Gasteiger partial charge in [-0.25, -0.2) is 0 Å². The molecule has 0 atom stereocenters. The molecule has 3 rings (SSSR count). The number of carbonyl (C=O) groups is 2. The summed E-state index contributed by atoms with van der Waals surface area (Å²) in [5, 5.41) is 6.40. The van der Waals surface area contributed by atoms with Crippen molar-refractivity contribution in [1.82, 2.24) is 9.88 Å². The van der Waals surface area contributed by atoms with E-state index in [0.29, 0.717) is 23.6 Å². The molecule has 2 heterocycles. The van der Waals surface area contributed by atoms with E-state index in [2.05, 4.69) is 15.2 Å². The van der Waals surface area contributed by atoms with E-state index in [-0.39, 0.29) is 18.4 Å². The van der Waals surface area contributed by atoms with Crippen LogP contribution in [0.3, 0.4) is 0 Å². The fourth-order valence-electron chi connectivity index (χ4n) is 2.74. The third kappa shape index (κ3) is 3.94. The first-order chi connectivity index (χ1) is 12.6. The third-order valence-corrected chi connectivity index (χ3v) is 4.10. The van der Waals surface area contributed by atoms with Gasteiger partial charge in [0.05, 0.1) is 25.0 Å². The van der Waals surface area contributed by atoms with Gasteiger partial charge in [0.15, 0.2) is 0 Å². The molecule has 0 radical (unpaired) electrons. The van der Waals surface area contributed by atoms with Gasteiger partial charge in [-0.2, -0.15) is 0 Å². The topological polar surface area (TPSA) is 85.5 Å². The first-order valence-corrected chi connectivity index (χ1v) is 8.28. The number of hydrogen-bond acceptors (Lipinski definition) is 4. The van der Waals surface area contributed by atoms with Gasteiger partial charge < -0.3 is 24.4 Å². The molecule has 2 amide bonds. The summed E-state index contributed by atoms with van der Waals surface area (Å²) in [6.45, 7) is 2.99. The van der Waals surface area contributed by atoms with E-state index in [9.17, 15) is 9.59 Å². The van der Waals surface area contributed by atoms with Crippen LogP contribution in [0.5, 0.6) is 0 Å². The molecule has 7 heteroatoms. The minimum atomic E-state index is -0.336. The standard InChI is InChI=1S/C19H21N3O4/c1-13-16(6-9-26-13)19(24)20-12-18(23)21-15-3-4-17-14(11-15)5-7-22(17)8-10-25-2/h3-7,9,11H,8,10,12H2,1-2H3,(H,20,24)(H,21,23). The maximum absolute atomic E-state index is 12.1. The molecular formula is C19H21N3O4. The minimum absolute atomic E-state index is 0.115. The normalized spacial score (nSPS) is 10.8. The van der Waals surface area contributed by atoms with Crippen molar-refractivity contribution >= 4 is 28.4 Å². The van der Waals surface area contributed by atoms with E-state index in [1.54, 1.807) is 20.1 Å². The lowest BCUT2D eigenvalue weighted by atomic mass is 10.2. The van der Waals surface area contributed by atoms with E-state index < -0.39 is 0 Å². The summed E-state index contributed by atoms with van der Waals surface area (Å²) in [6.07, 6.45) is 3.43. The second-order valence-electron chi connectivity index (χ2n) is 5.90. The van der Waals surface area contributed by atoms with Crippen molar-refractivity contribution in [2.45, 2.75) is 13.5 Å². The Morgan fingerprint density at radius 3 is 2.81 bits per heavy atom. The molecule has 3 aromatic rings. The van der Waals surface area contributed by atoms with Crippen LogP contribution in [0.1, 0.15) is 16.1 Å². The number of aromatic nitrogens is 1. The highest BCUT2D eigenvalue weighted by atomic mass is 16.5. The van der Waals surface area contributed by atoms with E-state index in [1.165, 1.54) is 6.26 Å². The van der Waals surface area contributed by atoms with Gasteiger partial charge in [0.2, 0.25) is 5.91 Å². The van der Waals surface area contributed by atoms with E-state index in [1.807, 2.05) is 30.5 Å². The number of methoxy groups -OCH3 is 1. The molecule has 136 valence electrons. The molecule has 7 nitrogen and oxygen atoms in total. The predicted octanol–water partition coefficient (Wildman–Crippen LogP) is 2.56. The van der Waals surface area contributed by atoms with Gasteiger partial charge >= 0.3 is 0 Å². The van der Waals surface area contributed by atoms with Gasteiger partial charge in [-0.15, -0.1) is 0 Å². The summed E-state index contributed by atoms with van der Waals surface area (Å²) in [5.74, 6) is -0.110. The Morgan fingerprint density at radius 2 is 2.08 bits per heavy atom. The van der Waals surface area contributed by atoms with Crippen LogP contribution in [0.15, 0.2) is 47.2 Å². The van der Waals surface area contributed by atoms with Gasteiger partial charge in [0.1, 0.15) is 5.76 Å². The van der Waals surface area contributed by atoms with Crippen LogP contribution in [0, 0.1) is 6.92 Å². The number of amides is 2. The molecule has 0 aliphatic rings. The number of furan rings is 1. The average molecular weight is 355 g/mol. The Hall–Kier alpha value is -3.06. The van der Waals surface area contributed by atoms with Crippen molar-refractivity contribution in [3.63, 3.8) is 0 Å². The maximum atomic E-state index is 12.1. The van der Waals surface area contributed by atoms with Crippen molar-refractivity contribution in [3.8, 4) is 0 Å². The van der Waals surface area contributed by atoms with Crippen molar-refractivity contribution in [3.05, 3.63) is 54.1 Å². The van der Waals surface area contributed by atoms with Crippen molar-refractivity contribution in [1.29, 1.82) is 0 Å². The van der Waals surface area contributed by atoms with Crippen LogP contribution in [-0.2, 0) is 16.1 Å². The molecule has 0 saturated carbocycles. The molecule has 2 N–H and O–H groups in total. The van der Waals surface area contributed by atoms with E-state index >= 15 is 0 Å². The molecule has 0 fully saturated rings. The monoisotopic (exact) mass is 355 g/mol. The molecular weight excluding hydrogens is 334 g/mol. The number of carbonyl (C=O) groups excluding carboxylic acids is 2. The van der Waals surface area contributed by atoms with E-state index in [4.69, 9.17) is 9.15 Å². The fraction of sp³-hybridized carbons (Fsp3) is 0.263. The highest BCUT2D eigenvalue weighted by molar-refractivity contribution is 6.00. The first-order valence-electron chi connectivity index (χ1n) is 8.28. The summed E-state index contributed by atoms with van der Waals surface area (Å²) >= 11 is 0. The highest BCUT2D eigenvalue weighted by Gasteiger charge is 2.12. The number of hydrogen-bond donors (Lipinski definition) is 2. The lowest BCUT2D eigenvalue weighted by molar-refractivity contribution is -0.115. The Bertz CT molecular complexity index is 926. The highest BCUT2D eigenvalue weighted by Crippen LogP contribution is 2.20. The number of nitrogens with one attached hydrogen (secondary N) is 2. The summed E-state index contributed by atoms with van der Waals surface area (Å²) in [5.41, 5.74) is 2.18. The number of fused-ring (bicyclic) bond motifs is 1. The number of benzene rings is 1. The quantitative estimate of drug-likeness (QED) is 0.682. The first kappa shape index (κ1) is 17.8. The molecule has 0 aliphatic carbocycles. The fourth-order valence-corrected chi connectivity index (χ4v) is 2.74. The van der Waals surface area contributed by atoms with Crippen LogP contribution in [0.2, 0.25) is 0 Å². The zero-order valence-corrected chi connectivity index (χ0v) is 14.7. The zero-order valence-electron chi connectivity index (χ0n) is 14.7. The number of aryl methyl sites for hydroxylation is 1. The minimum Gasteiger partial charge on any atom is -0.469 e. The van der Waals surface area contributed by atoms with Crippen LogP contribution >= 0.6 is 0 Å². The molecule has 0 saturated heterocycles. The Balaban J connectivity index is 1.59. The second kappa shape index (κ2) is 7.88. The molecule has 26 heavy (non-hydrogen) atoms. The second-order valence-corrected chi connectivity index (χ2v) is 5.90. The lowest BCUT2D eigenvalue weighted by Crippen LogP contribution is -2.32. The number of anilines is 1. The van der Waals surface area contributed by atoms with Crippen LogP contribution in [-0.4, -0.2) is 36.6 Å². The smallest absolute Gasteiger partial charge is 0.255 e. The number of nitrogens with zero attached hydrogens (tertiary/aromatic N) is 1. The lowest BCUT2D eigenvalue weighted by Gasteiger charge is -2.08. The third-order valence-electron chi connectivity index (χ3n) is 4.10. The van der Waals surface area contributed by atoms with Gasteiger partial charge in [0.25, 0.3) is 5.91 Å². The summed E-state index contributed by atoms with van der Waals surface area (Å²) in [6, 6.07) is 9.26. The van der Waals surface area contributed by atoms with Crippen LogP contribution in [0.4, 0.5) is 5.69 Å². The van der Waals surface area contributed by atoms with Crippen molar-refractivity contribution < 1.29 is 18.7 Å². The molecule has 2 aromatic heterocycles. The molecule has 0 aliphatic heterocycles. The van der Waals surface area contributed by atoms with Crippen LogP contribution in [0.25, 0.3) is 10.9 Å². The average Bonchev–Trinajstić information content (AvgIpc) is 3.23. The molecule has 1 aromatic carbocycles. The van der Waals surface area contributed by atoms with Gasteiger partial charge in [0, 0.05) is 36.4 Å². The summed E-state index contributed by atoms with van der Waals surface area (Å²) in [4.78, 5) is 24.1. The van der Waals surface area contributed by atoms with Crippen molar-refractivity contribution in [2.24, 2.45) is 0 Å². The predicted molar refractivity (Wildman–Crippen MR) is 98.2 cm³/mol. The Kier molecular flexibility index (Phi) is 5.38. The van der Waals surface area contributed by atoms with Gasteiger partial charge in [-0.1, -0.05) is 0 Å².